The number of aromatic nitrogens is 2. The van der Waals surface area contributed by atoms with Crippen molar-refractivity contribution in [3.8, 4) is 0 Å². The van der Waals surface area contributed by atoms with Gasteiger partial charge >= 0.3 is 0 Å². The van der Waals surface area contributed by atoms with E-state index in [1.54, 1.807) is 0 Å². The van der Waals surface area contributed by atoms with Crippen LogP contribution in [0.15, 0.2) is 16.9 Å². The molecule has 1 aliphatic rings. The van der Waals surface area contributed by atoms with E-state index in [4.69, 9.17) is 4.74 Å². The molecule has 1 saturated carbocycles. The second-order valence-corrected chi connectivity index (χ2v) is 5.23. The van der Waals surface area contributed by atoms with E-state index in [-0.39, 0.29) is 35.7 Å². The molecule has 0 aliphatic heterocycles. The van der Waals surface area contributed by atoms with Gasteiger partial charge in [-0.3, -0.25) is 9.59 Å². The molecule has 0 spiro atoms. The van der Waals surface area contributed by atoms with Gasteiger partial charge in [0.2, 0.25) is 0 Å². The number of carbonyl (C=O) groups excluding carboxylic acids is 1. The first kappa shape index (κ1) is 15.7. The number of ether oxygens (including phenoxy) is 1. The highest BCUT2D eigenvalue weighted by molar-refractivity contribution is 5.92. The number of hydrogen-bond donors (Lipinski definition) is 2. The number of nitrogens with one attached hydrogen (secondary N) is 1. The average molecular weight is 295 g/mol. The zero-order valence-electron chi connectivity index (χ0n) is 12.1. The minimum atomic E-state index is -0.313. The van der Waals surface area contributed by atoms with Gasteiger partial charge in [0.15, 0.2) is 0 Å². The van der Waals surface area contributed by atoms with Crippen molar-refractivity contribution in [2.75, 3.05) is 20.3 Å². The Labute approximate surface area is 122 Å². The summed E-state index contributed by atoms with van der Waals surface area (Å²) in [5, 5.41) is 16.2. The molecule has 0 bridgehead atoms. The van der Waals surface area contributed by atoms with Crippen molar-refractivity contribution in [2.45, 2.75) is 31.8 Å². The average Bonchev–Trinajstić information content (AvgIpc) is 2.93. The van der Waals surface area contributed by atoms with E-state index in [9.17, 15) is 14.7 Å². The van der Waals surface area contributed by atoms with Gasteiger partial charge < -0.3 is 15.2 Å². The van der Waals surface area contributed by atoms with Crippen LogP contribution in [0, 0.1) is 5.92 Å². The van der Waals surface area contributed by atoms with E-state index >= 15 is 0 Å². The Kier molecular flexibility index (Phi) is 5.46. The molecule has 0 aromatic carbocycles. The number of methoxy groups -OCH3 is 1. The SMILES string of the molecule is COCCn1nc(C(=O)NC2CCCC2CO)ccc1=O. The lowest BCUT2D eigenvalue weighted by atomic mass is 10.1. The topological polar surface area (TPSA) is 93.5 Å². The number of carbonyl (C=O) groups is 1. The third-order valence-electron chi connectivity index (χ3n) is 3.82. The maximum Gasteiger partial charge on any atom is 0.271 e. The molecule has 1 fully saturated rings. The van der Waals surface area contributed by atoms with Crippen molar-refractivity contribution in [2.24, 2.45) is 5.92 Å². The molecule has 21 heavy (non-hydrogen) atoms. The molecule has 0 saturated heterocycles. The minimum Gasteiger partial charge on any atom is -0.396 e. The molecule has 2 N–H and O–H groups in total. The zero-order valence-corrected chi connectivity index (χ0v) is 12.1. The summed E-state index contributed by atoms with van der Waals surface area (Å²) in [5.74, 6) is -0.208. The second kappa shape index (κ2) is 7.33. The van der Waals surface area contributed by atoms with Crippen LogP contribution in [0.1, 0.15) is 29.8 Å². The Hall–Kier alpha value is -1.73. The Morgan fingerprint density at radius 1 is 1.52 bits per heavy atom. The maximum absolute atomic E-state index is 12.2. The highest BCUT2D eigenvalue weighted by Gasteiger charge is 2.28. The summed E-state index contributed by atoms with van der Waals surface area (Å²) < 4.78 is 6.13. The molecule has 116 valence electrons. The van der Waals surface area contributed by atoms with Gasteiger partial charge in [-0.2, -0.15) is 5.10 Å². The van der Waals surface area contributed by atoms with Crippen molar-refractivity contribution in [3.05, 3.63) is 28.2 Å². The molecule has 1 amide bonds. The van der Waals surface area contributed by atoms with Crippen LogP contribution in [0.3, 0.4) is 0 Å². The van der Waals surface area contributed by atoms with E-state index in [0.29, 0.717) is 13.2 Å². The predicted octanol–water partition coefficient (Wildman–Crippen LogP) is -0.219. The molecule has 1 aliphatic carbocycles. The number of rotatable bonds is 6. The monoisotopic (exact) mass is 295 g/mol. The van der Waals surface area contributed by atoms with Crippen molar-refractivity contribution in [3.63, 3.8) is 0 Å². The third-order valence-corrected chi connectivity index (χ3v) is 3.82. The second-order valence-electron chi connectivity index (χ2n) is 5.23. The third kappa shape index (κ3) is 3.89. The zero-order chi connectivity index (χ0) is 15.2. The quantitative estimate of drug-likeness (QED) is 0.757. The first-order chi connectivity index (χ1) is 10.2. The van der Waals surface area contributed by atoms with Crippen molar-refractivity contribution in [1.82, 2.24) is 15.1 Å². The molecular formula is C14H21N3O4. The summed E-state index contributed by atoms with van der Waals surface area (Å²) in [4.78, 5) is 23.8. The summed E-state index contributed by atoms with van der Waals surface area (Å²) in [7, 11) is 1.54. The number of aliphatic hydroxyl groups is 1. The summed E-state index contributed by atoms with van der Waals surface area (Å²) in [5.41, 5.74) is -0.0630. The van der Waals surface area contributed by atoms with E-state index in [1.165, 1.54) is 23.9 Å². The molecule has 7 heteroatoms. The van der Waals surface area contributed by atoms with Gasteiger partial charge in [-0.25, -0.2) is 4.68 Å². The van der Waals surface area contributed by atoms with Crippen LogP contribution in [-0.2, 0) is 11.3 Å². The van der Waals surface area contributed by atoms with Crippen LogP contribution in [0.5, 0.6) is 0 Å². The number of hydrogen-bond acceptors (Lipinski definition) is 5. The fourth-order valence-corrected chi connectivity index (χ4v) is 2.60. The van der Waals surface area contributed by atoms with Gasteiger partial charge in [-0.15, -0.1) is 0 Å². The van der Waals surface area contributed by atoms with E-state index in [2.05, 4.69) is 10.4 Å². The molecule has 7 nitrogen and oxygen atoms in total. The van der Waals surface area contributed by atoms with Crippen LogP contribution in [0.2, 0.25) is 0 Å². The molecule has 0 radical (unpaired) electrons. The Bertz CT molecular complexity index is 543. The van der Waals surface area contributed by atoms with Gasteiger partial charge in [-0.05, 0) is 18.9 Å². The molecule has 1 aromatic rings. The molecule has 1 heterocycles. The fourth-order valence-electron chi connectivity index (χ4n) is 2.60. The van der Waals surface area contributed by atoms with Gasteiger partial charge in [0.25, 0.3) is 11.5 Å². The van der Waals surface area contributed by atoms with Gasteiger partial charge in [0.1, 0.15) is 5.69 Å². The Morgan fingerprint density at radius 2 is 2.33 bits per heavy atom. The van der Waals surface area contributed by atoms with Crippen LogP contribution < -0.4 is 10.9 Å². The summed E-state index contributed by atoms with van der Waals surface area (Å²) in [6.07, 6.45) is 2.78. The van der Waals surface area contributed by atoms with Crippen LogP contribution in [-0.4, -0.2) is 47.2 Å². The summed E-state index contributed by atoms with van der Waals surface area (Å²) >= 11 is 0. The minimum absolute atomic E-state index is 0.0244. The Balaban J connectivity index is 2.06. The molecular weight excluding hydrogens is 274 g/mol. The standard InChI is InChI=1S/C14H21N3O4/c1-21-8-7-17-13(19)6-5-12(16-17)14(20)15-11-4-2-3-10(11)9-18/h5-6,10-11,18H,2-4,7-9H2,1H3,(H,15,20). The fraction of sp³-hybridized carbons (Fsp3) is 0.643. The Morgan fingerprint density at radius 3 is 3.05 bits per heavy atom. The van der Waals surface area contributed by atoms with E-state index in [1.807, 2.05) is 0 Å². The van der Waals surface area contributed by atoms with E-state index < -0.39 is 0 Å². The van der Waals surface area contributed by atoms with Gasteiger partial charge in [0, 0.05) is 31.7 Å². The lowest BCUT2D eigenvalue weighted by molar-refractivity contribution is 0.0907. The molecule has 2 atom stereocenters. The normalized spacial score (nSPS) is 21.4. The first-order valence-electron chi connectivity index (χ1n) is 7.14. The molecule has 1 aromatic heterocycles. The smallest absolute Gasteiger partial charge is 0.271 e. The highest BCUT2D eigenvalue weighted by atomic mass is 16.5. The molecule has 2 rings (SSSR count). The van der Waals surface area contributed by atoms with Crippen LogP contribution in [0.25, 0.3) is 0 Å². The van der Waals surface area contributed by atoms with Crippen molar-refractivity contribution < 1.29 is 14.6 Å². The first-order valence-corrected chi connectivity index (χ1v) is 7.14. The number of amides is 1. The lowest BCUT2D eigenvalue weighted by Crippen LogP contribution is -2.39. The van der Waals surface area contributed by atoms with Crippen LogP contribution in [0.4, 0.5) is 0 Å². The van der Waals surface area contributed by atoms with Gasteiger partial charge in [0.05, 0.1) is 13.2 Å². The molecule has 2 unspecified atom stereocenters. The largest absolute Gasteiger partial charge is 0.396 e. The van der Waals surface area contributed by atoms with Crippen molar-refractivity contribution in [1.29, 1.82) is 0 Å². The lowest BCUT2D eigenvalue weighted by Gasteiger charge is -2.18. The van der Waals surface area contributed by atoms with Gasteiger partial charge in [-0.1, -0.05) is 6.42 Å². The predicted molar refractivity (Wildman–Crippen MR) is 76.1 cm³/mol. The van der Waals surface area contributed by atoms with Crippen molar-refractivity contribution >= 4 is 5.91 Å². The highest BCUT2D eigenvalue weighted by Crippen LogP contribution is 2.25. The van der Waals surface area contributed by atoms with Crippen LogP contribution >= 0.6 is 0 Å². The maximum atomic E-state index is 12.2. The number of aliphatic hydroxyl groups excluding tert-OH is 1. The summed E-state index contributed by atoms with van der Waals surface area (Å²) in [6, 6.07) is 2.73. The number of nitrogens with zero attached hydrogens (tertiary/aromatic N) is 2. The summed E-state index contributed by atoms with van der Waals surface area (Å²) in [6.45, 7) is 0.734. The van der Waals surface area contributed by atoms with E-state index in [0.717, 1.165) is 19.3 Å².